The summed E-state index contributed by atoms with van der Waals surface area (Å²) in [5.74, 6) is 0.403. The smallest absolute Gasteiger partial charge is 0.291 e. The fourth-order valence-corrected chi connectivity index (χ4v) is 3.29. The van der Waals surface area contributed by atoms with Gasteiger partial charge in [0, 0.05) is 13.1 Å². The Kier molecular flexibility index (Phi) is 3.31. The van der Waals surface area contributed by atoms with Crippen LogP contribution < -0.4 is 5.32 Å². The number of amides is 1. The summed E-state index contributed by atoms with van der Waals surface area (Å²) >= 11 is 0. The highest BCUT2D eigenvalue weighted by Crippen LogP contribution is 2.39. The fraction of sp³-hybridized carbons (Fsp3) is 0.714. The summed E-state index contributed by atoms with van der Waals surface area (Å²) in [6.07, 6.45) is 6.08. The number of nitrogens with one attached hydrogen (secondary N) is 1. The van der Waals surface area contributed by atoms with Crippen LogP contribution >= 0.6 is 0 Å². The molecule has 1 N–H and O–H groups in total. The van der Waals surface area contributed by atoms with E-state index < -0.39 is 0 Å². The molecule has 3 rings (SSSR count). The molecule has 0 saturated carbocycles. The molecule has 0 aromatic carbocycles. The number of rotatable bonds is 1. The molecule has 1 amide bonds. The predicted molar refractivity (Wildman–Crippen MR) is 70.9 cm³/mol. The maximum Gasteiger partial charge on any atom is 0.291 e. The largest absolute Gasteiger partial charge is 0.438 e. The second-order valence-corrected chi connectivity index (χ2v) is 5.81. The van der Waals surface area contributed by atoms with Crippen molar-refractivity contribution in [1.82, 2.24) is 15.2 Å². The highest BCUT2D eigenvalue weighted by molar-refractivity contribution is 5.92. The van der Waals surface area contributed by atoms with Crippen molar-refractivity contribution in [2.75, 3.05) is 26.2 Å². The number of hydrogen-bond donors (Lipinski definition) is 1. The number of hydrogen-bond acceptors (Lipinski definition) is 4. The number of nitrogens with zero attached hydrogens (tertiary/aromatic N) is 2. The van der Waals surface area contributed by atoms with Crippen molar-refractivity contribution in [3.05, 3.63) is 17.8 Å². The van der Waals surface area contributed by atoms with Crippen LogP contribution in [0.1, 0.15) is 41.9 Å². The first-order chi connectivity index (χ1) is 9.20. The van der Waals surface area contributed by atoms with Crippen LogP contribution in [-0.2, 0) is 0 Å². The molecule has 2 saturated heterocycles. The number of carbonyl (C=O) groups excluding carboxylic acids is 1. The minimum absolute atomic E-state index is 0.00113. The van der Waals surface area contributed by atoms with Crippen LogP contribution in [0.4, 0.5) is 0 Å². The Bertz CT molecular complexity index is 453. The van der Waals surface area contributed by atoms with Crippen molar-refractivity contribution >= 4 is 5.91 Å². The van der Waals surface area contributed by atoms with Crippen LogP contribution in [0.2, 0.25) is 0 Å². The highest BCUT2D eigenvalue weighted by Gasteiger charge is 2.37. The first-order valence-corrected chi connectivity index (χ1v) is 7.10. The molecule has 0 aliphatic carbocycles. The zero-order valence-electron chi connectivity index (χ0n) is 11.4. The summed E-state index contributed by atoms with van der Waals surface area (Å²) in [6, 6.07) is 0. The number of piperidine rings is 2. The topological polar surface area (TPSA) is 58.4 Å². The molecule has 1 spiro atoms. The first-order valence-electron chi connectivity index (χ1n) is 7.10. The molecule has 0 atom stereocenters. The minimum atomic E-state index is -0.00113. The molecule has 2 aliphatic rings. The third-order valence-electron chi connectivity index (χ3n) is 4.72. The monoisotopic (exact) mass is 263 g/mol. The lowest BCUT2D eigenvalue weighted by atomic mass is 9.71. The molecular formula is C14H21N3O2. The molecule has 19 heavy (non-hydrogen) atoms. The SMILES string of the molecule is Cc1ncoc1C(=O)N1CCC2(CCNCC2)CC1. The Hall–Kier alpha value is -1.36. The maximum atomic E-state index is 12.3. The van der Waals surface area contributed by atoms with E-state index in [1.54, 1.807) is 0 Å². The molecule has 0 unspecified atom stereocenters. The van der Waals surface area contributed by atoms with Gasteiger partial charge in [-0.25, -0.2) is 4.98 Å². The lowest BCUT2D eigenvalue weighted by molar-refractivity contribution is 0.0469. The molecule has 1 aromatic rings. The molecular weight excluding hydrogens is 242 g/mol. The Morgan fingerprint density at radius 3 is 2.58 bits per heavy atom. The number of carbonyl (C=O) groups is 1. The average molecular weight is 263 g/mol. The van der Waals surface area contributed by atoms with Gasteiger partial charge in [0.15, 0.2) is 6.39 Å². The summed E-state index contributed by atoms with van der Waals surface area (Å²) in [4.78, 5) is 18.2. The van der Waals surface area contributed by atoms with Gasteiger partial charge in [0.05, 0.1) is 5.69 Å². The predicted octanol–water partition coefficient (Wildman–Crippen LogP) is 1.59. The van der Waals surface area contributed by atoms with Gasteiger partial charge in [-0.15, -0.1) is 0 Å². The van der Waals surface area contributed by atoms with Gasteiger partial charge < -0.3 is 14.6 Å². The third kappa shape index (κ3) is 2.39. The standard InChI is InChI=1S/C14H21N3O2/c1-11-12(19-10-16-11)13(18)17-8-4-14(5-9-17)2-6-15-7-3-14/h10,15H,2-9H2,1H3. The van der Waals surface area contributed by atoms with Crippen LogP contribution in [-0.4, -0.2) is 42.0 Å². The van der Waals surface area contributed by atoms with E-state index in [0.717, 1.165) is 39.0 Å². The summed E-state index contributed by atoms with van der Waals surface area (Å²) in [5.41, 5.74) is 1.16. The van der Waals surface area contributed by atoms with E-state index in [4.69, 9.17) is 4.42 Å². The van der Waals surface area contributed by atoms with Gasteiger partial charge in [-0.1, -0.05) is 0 Å². The zero-order valence-corrected chi connectivity index (χ0v) is 11.4. The van der Waals surface area contributed by atoms with Crippen LogP contribution in [0.5, 0.6) is 0 Å². The molecule has 0 bridgehead atoms. The van der Waals surface area contributed by atoms with E-state index in [1.165, 1.54) is 19.2 Å². The van der Waals surface area contributed by atoms with Gasteiger partial charge in [0.25, 0.3) is 5.91 Å². The van der Waals surface area contributed by atoms with Crippen molar-refractivity contribution in [1.29, 1.82) is 0 Å². The molecule has 2 aliphatic heterocycles. The summed E-state index contributed by atoms with van der Waals surface area (Å²) in [6.45, 7) is 5.75. The lowest BCUT2D eigenvalue weighted by Gasteiger charge is -2.44. The second kappa shape index (κ2) is 4.96. The van der Waals surface area contributed by atoms with Gasteiger partial charge in [0.1, 0.15) is 0 Å². The van der Waals surface area contributed by atoms with Crippen LogP contribution in [0.25, 0.3) is 0 Å². The number of likely N-dealkylation sites (tertiary alicyclic amines) is 1. The maximum absolute atomic E-state index is 12.3. The van der Waals surface area contributed by atoms with E-state index in [1.807, 2.05) is 11.8 Å². The molecule has 2 fully saturated rings. The molecule has 104 valence electrons. The Labute approximate surface area is 113 Å². The van der Waals surface area contributed by atoms with Crippen molar-refractivity contribution in [2.24, 2.45) is 5.41 Å². The van der Waals surface area contributed by atoms with E-state index in [-0.39, 0.29) is 5.91 Å². The molecule has 5 heteroatoms. The lowest BCUT2D eigenvalue weighted by Crippen LogP contribution is -2.47. The Morgan fingerprint density at radius 2 is 2.00 bits per heavy atom. The molecule has 5 nitrogen and oxygen atoms in total. The molecule has 3 heterocycles. The number of aromatic nitrogens is 1. The van der Waals surface area contributed by atoms with Gasteiger partial charge in [-0.3, -0.25) is 4.79 Å². The van der Waals surface area contributed by atoms with E-state index in [9.17, 15) is 4.79 Å². The van der Waals surface area contributed by atoms with Crippen LogP contribution in [0.15, 0.2) is 10.8 Å². The fourth-order valence-electron chi connectivity index (χ4n) is 3.29. The highest BCUT2D eigenvalue weighted by atomic mass is 16.3. The van der Waals surface area contributed by atoms with E-state index in [0.29, 0.717) is 16.9 Å². The van der Waals surface area contributed by atoms with Crippen LogP contribution in [0.3, 0.4) is 0 Å². The van der Waals surface area contributed by atoms with Crippen molar-refractivity contribution in [3.8, 4) is 0 Å². The van der Waals surface area contributed by atoms with Crippen molar-refractivity contribution in [2.45, 2.75) is 32.6 Å². The average Bonchev–Trinajstić information content (AvgIpc) is 2.86. The van der Waals surface area contributed by atoms with Crippen molar-refractivity contribution in [3.63, 3.8) is 0 Å². The number of oxazole rings is 1. The zero-order chi connectivity index (χ0) is 13.3. The Morgan fingerprint density at radius 1 is 1.32 bits per heavy atom. The van der Waals surface area contributed by atoms with Crippen LogP contribution in [0, 0.1) is 12.3 Å². The summed E-state index contributed by atoms with van der Waals surface area (Å²) in [7, 11) is 0. The molecule has 1 aromatic heterocycles. The van der Waals surface area contributed by atoms with Gasteiger partial charge in [-0.05, 0) is 51.1 Å². The van der Waals surface area contributed by atoms with Gasteiger partial charge in [0.2, 0.25) is 5.76 Å². The second-order valence-electron chi connectivity index (χ2n) is 5.81. The number of aryl methyl sites for hydroxylation is 1. The van der Waals surface area contributed by atoms with Crippen molar-refractivity contribution < 1.29 is 9.21 Å². The third-order valence-corrected chi connectivity index (χ3v) is 4.72. The summed E-state index contributed by atoms with van der Waals surface area (Å²) in [5, 5.41) is 3.42. The summed E-state index contributed by atoms with van der Waals surface area (Å²) < 4.78 is 5.20. The van der Waals surface area contributed by atoms with E-state index >= 15 is 0 Å². The normalized spacial score (nSPS) is 22.7. The molecule has 0 radical (unpaired) electrons. The minimum Gasteiger partial charge on any atom is -0.438 e. The first kappa shape index (κ1) is 12.7. The van der Waals surface area contributed by atoms with E-state index in [2.05, 4.69) is 10.3 Å². The quantitative estimate of drug-likeness (QED) is 0.836. The van der Waals surface area contributed by atoms with Gasteiger partial charge >= 0.3 is 0 Å². The Balaban J connectivity index is 1.64. The van der Waals surface area contributed by atoms with Gasteiger partial charge in [-0.2, -0.15) is 0 Å².